The molecule has 24 heavy (non-hydrogen) atoms. The van der Waals surface area contributed by atoms with Gasteiger partial charge < -0.3 is 19.4 Å². The summed E-state index contributed by atoms with van der Waals surface area (Å²) in [4.78, 5) is 24.3. The van der Waals surface area contributed by atoms with Crippen LogP contribution in [0, 0.1) is 0 Å². The molecule has 0 bridgehead atoms. The van der Waals surface area contributed by atoms with E-state index in [1.54, 1.807) is 6.20 Å². The molecule has 0 unspecified atom stereocenters. The molecule has 3 rings (SSSR count). The Bertz CT molecular complexity index is 646. The molecule has 0 radical (unpaired) electrons. The van der Waals surface area contributed by atoms with Crippen LogP contribution >= 0.6 is 0 Å². The lowest BCUT2D eigenvalue weighted by molar-refractivity contribution is 0.0698. The number of imidazole rings is 1. The van der Waals surface area contributed by atoms with Gasteiger partial charge >= 0.3 is 0 Å². The lowest BCUT2D eigenvalue weighted by Crippen LogP contribution is -2.40. The zero-order valence-electron chi connectivity index (χ0n) is 14.6. The summed E-state index contributed by atoms with van der Waals surface area (Å²) < 4.78 is 2.26. The molecular weight excluding hydrogens is 302 g/mol. The lowest BCUT2D eigenvalue weighted by Gasteiger charge is -2.32. The van der Waals surface area contributed by atoms with Gasteiger partial charge in [0.1, 0.15) is 11.5 Å². The first-order valence-corrected chi connectivity index (χ1v) is 8.73. The van der Waals surface area contributed by atoms with Crippen LogP contribution in [0.3, 0.4) is 0 Å². The molecule has 2 aromatic rings. The first-order chi connectivity index (χ1) is 11.6. The van der Waals surface area contributed by atoms with Crippen molar-refractivity contribution >= 4 is 5.91 Å². The number of amides is 1. The highest BCUT2D eigenvalue weighted by atomic mass is 16.2. The van der Waals surface area contributed by atoms with E-state index >= 15 is 0 Å². The van der Waals surface area contributed by atoms with Crippen molar-refractivity contribution in [1.82, 2.24) is 24.3 Å². The molecule has 0 aromatic carbocycles. The van der Waals surface area contributed by atoms with Gasteiger partial charge in [0.2, 0.25) is 0 Å². The summed E-state index contributed by atoms with van der Waals surface area (Å²) in [5.74, 6) is 1.54. The van der Waals surface area contributed by atoms with E-state index in [1.807, 2.05) is 23.2 Å². The number of piperidine rings is 1. The van der Waals surface area contributed by atoms with Crippen LogP contribution in [0.4, 0.5) is 0 Å². The molecule has 6 nitrogen and oxygen atoms in total. The van der Waals surface area contributed by atoms with E-state index in [9.17, 15) is 4.79 Å². The average Bonchev–Trinajstić information content (AvgIpc) is 3.26. The normalized spacial score (nSPS) is 18.3. The minimum absolute atomic E-state index is 0.0930. The SMILES string of the molecule is CN(C)CCCn1ccnc1[C@@H]1CCCN(C(=O)c2ccc[nH]2)C1. The van der Waals surface area contributed by atoms with Gasteiger partial charge in [-0.05, 0) is 52.0 Å². The van der Waals surface area contributed by atoms with Gasteiger partial charge in [-0.2, -0.15) is 0 Å². The number of nitrogens with zero attached hydrogens (tertiary/aromatic N) is 4. The topological polar surface area (TPSA) is 57.2 Å². The molecule has 2 aromatic heterocycles. The maximum atomic E-state index is 12.6. The third-order valence-electron chi connectivity index (χ3n) is 4.65. The standard InChI is InChI=1S/C18H27N5O/c1-21(2)10-5-12-22-13-9-20-17(22)15-6-4-11-23(14-15)18(24)16-7-3-8-19-16/h3,7-9,13,15,19H,4-6,10-12,14H2,1-2H3/t15-/m1/s1. The minimum atomic E-state index is 0.0930. The van der Waals surface area contributed by atoms with Gasteiger partial charge in [0.05, 0.1) is 0 Å². The Hall–Kier alpha value is -2.08. The zero-order chi connectivity index (χ0) is 16.9. The number of hydrogen-bond acceptors (Lipinski definition) is 3. The lowest BCUT2D eigenvalue weighted by atomic mass is 9.96. The molecular formula is C18H27N5O. The third-order valence-corrected chi connectivity index (χ3v) is 4.65. The summed E-state index contributed by atoms with van der Waals surface area (Å²) in [5.41, 5.74) is 0.671. The van der Waals surface area contributed by atoms with Gasteiger partial charge in [-0.15, -0.1) is 0 Å². The predicted molar refractivity (Wildman–Crippen MR) is 94.1 cm³/mol. The Morgan fingerprint density at radius 3 is 3.08 bits per heavy atom. The largest absolute Gasteiger partial charge is 0.357 e. The second kappa shape index (κ2) is 7.66. The number of carbonyl (C=O) groups excluding carboxylic acids is 1. The smallest absolute Gasteiger partial charge is 0.270 e. The highest BCUT2D eigenvalue weighted by molar-refractivity contribution is 5.92. The van der Waals surface area contributed by atoms with Crippen molar-refractivity contribution in [3.63, 3.8) is 0 Å². The summed E-state index contributed by atoms with van der Waals surface area (Å²) in [6, 6.07) is 3.71. The van der Waals surface area contributed by atoms with Crippen molar-refractivity contribution in [2.75, 3.05) is 33.7 Å². The third kappa shape index (κ3) is 3.87. The Kier molecular flexibility index (Phi) is 5.35. The van der Waals surface area contributed by atoms with Gasteiger partial charge in [0.25, 0.3) is 5.91 Å². The van der Waals surface area contributed by atoms with Crippen LogP contribution in [-0.2, 0) is 6.54 Å². The van der Waals surface area contributed by atoms with E-state index in [1.165, 1.54) is 0 Å². The number of H-pyrrole nitrogens is 1. The van der Waals surface area contributed by atoms with Gasteiger partial charge in [0, 0.05) is 44.1 Å². The second-order valence-electron chi connectivity index (χ2n) is 6.81. The maximum Gasteiger partial charge on any atom is 0.270 e. The van der Waals surface area contributed by atoms with Crippen LogP contribution in [0.1, 0.15) is 41.5 Å². The van der Waals surface area contributed by atoms with E-state index in [0.29, 0.717) is 11.6 Å². The van der Waals surface area contributed by atoms with Crippen molar-refractivity contribution in [2.45, 2.75) is 31.7 Å². The van der Waals surface area contributed by atoms with Crippen LogP contribution in [0.25, 0.3) is 0 Å². The fraction of sp³-hybridized carbons (Fsp3) is 0.556. The van der Waals surface area contributed by atoms with E-state index in [4.69, 9.17) is 0 Å². The monoisotopic (exact) mass is 329 g/mol. The maximum absolute atomic E-state index is 12.6. The molecule has 1 fully saturated rings. The number of rotatable bonds is 6. The van der Waals surface area contributed by atoms with E-state index < -0.39 is 0 Å². The number of aromatic amines is 1. The number of aromatic nitrogens is 3. The Labute approximate surface area is 143 Å². The van der Waals surface area contributed by atoms with Gasteiger partial charge in [-0.3, -0.25) is 4.79 Å². The summed E-state index contributed by atoms with van der Waals surface area (Å²) in [5, 5.41) is 0. The van der Waals surface area contributed by atoms with Crippen molar-refractivity contribution in [2.24, 2.45) is 0 Å². The Morgan fingerprint density at radius 2 is 2.33 bits per heavy atom. The van der Waals surface area contributed by atoms with Gasteiger partial charge in [-0.1, -0.05) is 0 Å². The molecule has 0 aliphatic carbocycles. The van der Waals surface area contributed by atoms with E-state index in [0.717, 1.165) is 51.3 Å². The van der Waals surface area contributed by atoms with Gasteiger partial charge in [-0.25, -0.2) is 4.98 Å². The van der Waals surface area contributed by atoms with Gasteiger partial charge in [0.15, 0.2) is 0 Å². The molecule has 1 N–H and O–H groups in total. The average molecular weight is 329 g/mol. The number of carbonyl (C=O) groups is 1. The molecule has 1 aliphatic rings. The molecule has 3 heterocycles. The molecule has 0 saturated carbocycles. The summed E-state index contributed by atoms with van der Waals surface area (Å²) in [6.45, 7) is 3.63. The number of aryl methyl sites for hydroxylation is 1. The van der Waals surface area contributed by atoms with E-state index in [2.05, 4.69) is 39.7 Å². The minimum Gasteiger partial charge on any atom is -0.357 e. The van der Waals surface area contributed by atoms with E-state index in [-0.39, 0.29) is 5.91 Å². The molecule has 6 heteroatoms. The summed E-state index contributed by atoms with van der Waals surface area (Å²) >= 11 is 0. The fourth-order valence-electron chi connectivity index (χ4n) is 3.43. The molecule has 0 spiro atoms. The molecule has 1 atom stereocenters. The Balaban J connectivity index is 1.65. The van der Waals surface area contributed by atoms with Crippen LogP contribution in [0.5, 0.6) is 0 Å². The highest BCUT2D eigenvalue weighted by Gasteiger charge is 2.28. The summed E-state index contributed by atoms with van der Waals surface area (Å²) in [6.07, 6.45) is 8.98. The van der Waals surface area contributed by atoms with Crippen molar-refractivity contribution in [3.05, 3.63) is 42.2 Å². The van der Waals surface area contributed by atoms with Crippen molar-refractivity contribution in [1.29, 1.82) is 0 Å². The molecule has 1 amide bonds. The fourth-order valence-corrected chi connectivity index (χ4v) is 3.43. The molecule has 1 aliphatic heterocycles. The first-order valence-electron chi connectivity index (χ1n) is 8.73. The van der Waals surface area contributed by atoms with Crippen LogP contribution in [0.15, 0.2) is 30.7 Å². The predicted octanol–water partition coefficient (Wildman–Crippen LogP) is 2.18. The van der Waals surface area contributed by atoms with Crippen LogP contribution in [0.2, 0.25) is 0 Å². The van der Waals surface area contributed by atoms with Crippen molar-refractivity contribution in [3.8, 4) is 0 Å². The van der Waals surface area contributed by atoms with Crippen LogP contribution in [-0.4, -0.2) is 64.0 Å². The zero-order valence-corrected chi connectivity index (χ0v) is 14.6. The second-order valence-corrected chi connectivity index (χ2v) is 6.81. The van der Waals surface area contributed by atoms with Crippen molar-refractivity contribution < 1.29 is 4.79 Å². The number of nitrogens with one attached hydrogen (secondary N) is 1. The quantitative estimate of drug-likeness (QED) is 0.884. The molecule has 130 valence electrons. The number of hydrogen-bond donors (Lipinski definition) is 1. The van der Waals surface area contributed by atoms with Crippen LogP contribution < -0.4 is 0 Å². The number of likely N-dealkylation sites (tertiary alicyclic amines) is 1. The summed E-state index contributed by atoms with van der Waals surface area (Å²) in [7, 11) is 4.19. The first kappa shape index (κ1) is 16.8. The Morgan fingerprint density at radius 1 is 1.46 bits per heavy atom. The highest BCUT2D eigenvalue weighted by Crippen LogP contribution is 2.26. The molecule has 1 saturated heterocycles.